The normalized spacial score (nSPS) is 11.5. The van der Waals surface area contributed by atoms with E-state index in [9.17, 15) is 13.2 Å². The van der Waals surface area contributed by atoms with E-state index in [-0.39, 0.29) is 16.2 Å². The van der Waals surface area contributed by atoms with Crippen LogP contribution in [0.1, 0.15) is 11.1 Å². The second-order valence-corrected chi connectivity index (χ2v) is 6.63. The lowest BCUT2D eigenvalue weighted by molar-refractivity contribution is -0.135. The molecule has 0 aliphatic rings. The van der Waals surface area contributed by atoms with Crippen LogP contribution in [0.3, 0.4) is 0 Å². The van der Waals surface area contributed by atoms with Crippen LogP contribution in [0.5, 0.6) is 5.75 Å². The lowest BCUT2D eigenvalue weighted by Gasteiger charge is -2.07. The molecule has 6 nitrogen and oxygen atoms in total. The molecule has 2 aromatic rings. The number of nitriles is 1. The lowest BCUT2D eigenvalue weighted by atomic mass is 10.1. The molecule has 0 aliphatic heterocycles. The number of benzene rings is 2. The predicted molar refractivity (Wildman–Crippen MR) is 91.0 cm³/mol. The maximum absolute atomic E-state index is 12.2. The molecule has 2 aromatic carbocycles. The van der Waals surface area contributed by atoms with Gasteiger partial charge in [-0.2, -0.15) is 13.7 Å². The quantitative estimate of drug-likeness (QED) is 0.353. The standard InChI is InChI=1S/C18H15NO5S/c1-13-3-9-17(10-4-13)25(21,22)24-16-7-5-14(6-8-16)11-15(12-19)18(20)23-2/h3-11H,1-2H3. The van der Waals surface area contributed by atoms with Crippen LogP contribution in [-0.4, -0.2) is 21.5 Å². The van der Waals surface area contributed by atoms with Crippen molar-refractivity contribution < 1.29 is 22.1 Å². The van der Waals surface area contributed by atoms with Gasteiger partial charge in [0.2, 0.25) is 0 Å². The van der Waals surface area contributed by atoms with Gasteiger partial charge >= 0.3 is 16.1 Å². The smallest absolute Gasteiger partial charge is 0.348 e. The second-order valence-electron chi connectivity index (χ2n) is 5.08. The van der Waals surface area contributed by atoms with Gasteiger partial charge in [-0.1, -0.05) is 29.8 Å². The third-order valence-electron chi connectivity index (χ3n) is 3.23. The number of methoxy groups -OCH3 is 1. The summed E-state index contributed by atoms with van der Waals surface area (Å²) in [4.78, 5) is 11.4. The Balaban J connectivity index is 2.20. The van der Waals surface area contributed by atoms with Crippen LogP contribution in [0, 0.1) is 18.3 Å². The first-order valence-corrected chi connectivity index (χ1v) is 8.58. The van der Waals surface area contributed by atoms with Crippen LogP contribution < -0.4 is 4.18 Å². The molecule has 7 heteroatoms. The van der Waals surface area contributed by atoms with Crippen LogP contribution in [0.15, 0.2) is 59.0 Å². The molecule has 128 valence electrons. The van der Waals surface area contributed by atoms with Crippen LogP contribution in [0.25, 0.3) is 6.08 Å². The first-order chi connectivity index (χ1) is 11.9. The molecule has 0 saturated carbocycles. The zero-order chi connectivity index (χ0) is 18.4. The van der Waals surface area contributed by atoms with Crippen molar-refractivity contribution >= 4 is 22.2 Å². The maximum Gasteiger partial charge on any atom is 0.348 e. The first kappa shape index (κ1) is 18.2. The van der Waals surface area contributed by atoms with E-state index < -0.39 is 16.1 Å². The molecule has 0 amide bonds. The number of esters is 1. The number of rotatable bonds is 5. The predicted octanol–water partition coefficient (Wildman–Crippen LogP) is 2.84. The molecular formula is C18H15NO5S. The van der Waals surface area contributed by atoms with Crippen molar-refractivity contribution in [3.8, 4) is 11.8 Å². The summed E-state index contributed by atoms with van der Waals surface area (Å²) in [7, 11) is -2.75. The minimum atomic E-state index is -3.93. The van der Waals surface area contributed by atoms with Gasteiger partial charge in [-0.25, -0.2) is 4.79 Å². The molecule has 0 heterocycles. The van der Waals surface area contributed by atoms with Crippen molar-refractivity contribution in [2.45, 2.75) is 11.8 Å². The van der Waals surface area contributed by atoms with E-state index in [4.69, 9.17) is 9.44 Å². The molecule has 0 aromatic heterocycles. The maximum atomic E-state index is 12.2. The molecule has 0 unspecified atom stereocenters. The summed E-state index contributed by atoms with van der Waals surface area (Å²) in [6, 6.07) is 14.0. The zero-order valence-corrected chi connectivity index (χ0v) is 14.4. The Morgan fingerprint density at radius 3 is 2.20 bits per heavy atom. The Bertz CT molecular complexity index is 936. The molecule has 0 N–H and O–H groups in total. The largest absolute Gasteiger partial charge is 0.465 e. The van der Waals surface area contributed by atoms with Crippen molar-refractivity contribution in [1.29, 1.82) is 5.26 Å². The van der Waals surface area contributed by atoms with Crippen LogP contribution in [-0.2, 0) is 19.6 Å². The molecule has 2 rings (SSSR count). The first-order valence-electron chi connectivity index (χ1n) is 7.17. The molecule has 0 atom stereocenters. The molecule has 0 aliphatic carbocycles. The molecule has 0 saturated heterocycles. The monoisotopic (exact) mass is 357 g/mol. The molecular weight excluding hydrogens is 342 g/mol. The van der Waals surface area contributed by atoms with Gasteiger partial charge in [0.25, 0.3) is 0 Å². The lowest BCUT2D eigenvalue weighted by Crippen LogP contribution is -2.09. The molecule has 0 radical (unpaired) electrons. The van der Waals surface area contributed by atoms with Gasteiger partial charge in [0, 0.05) is 0 Å². The van der Waals surface area contributed by atoms with Crippen molar-refractivity contribution in [1.82, 2.24) is 0 Å². The third kappa shape index (κ3) is 4.68. The number of hydrogen-bond donors (Lipinski definition) is 0. The number of aryl methyl sites for hydroxylation is 1. The van der Waals surface area contributed by atoms with Gasteiger partial charge in [-0.3, -0.25) is 0 Å². The third-order valence-corrected chi connectivity index (χ3v) is 4.49. The number of ether oxygens (including phenoxy) is 1. The highest BCUT2D eigenvalue weighted by atomic mass is 32.2. The van der Waals surface area contributed by atoms with E-state index in [0.717, 1.165) is 5.56 Å². The van der Waals surface area contributed by atoms with E-state index in [0.29, 0.717) is 5.56 Å². The topological polar surface area (TPSA) is 93.5 Å². The van der Waals surface area contributed by atoms with Crippen molar-refractivity contribution in [2.24, 2.45) is 0 Å². The highest BCUT2D eigenvalue weighted by Gasteiger charge is 2.16. The summed E-state index contributed by atoms with van der Waals surface area (Å²) < 4.78 is 34.0. The summed E-state index contributed by atoms with van der Waals surface area (Å²) in [6.45, 7) is 1.85. The Hall–Kier alpha value is -3.11. The van der Waals surface area contributed by atoms with E-state index in [1.807, 2.05) is 6.92 Å². The van der Waals surface area contributed by atoms with Crippen molar-refractivity contribution in [3.05, 3.63) is 65.2 Å². The number of hydrogen-bond acceptors (Lipinski definition) is 6. The SMILES string of the molecule is COC(=O)C(C#N)=Cc1ccc(OS(=O)(=O)c2ccc(C)cc2)cc1. The number of carbonyl (C=O) groups excluding carboxylic acids is 1. The second kappa shape index (κ2) is 7.64. The van der Waals surface area contributed by atoms with E-state index in [2.05, 4.69) is 4.74 Å². The van der Waals surface area contributed by atoms with Crippen molar-refractivity contribution in [2.75, 3.05) is 7.11 Å². The van der Waals surface area contributed by atoms with Gasteiger partial charge in [0.05, 0.1) is 7.11 Å². The van der Waals surface area contributed by atoms with E-state index >= 15 is 0 Å². The van der Waals surface area contributed by atoms with Crippen molar-refractivity contribution in [3.63, 3.8) is 0 Å². The Labute approximate surface area is 146 Å². The summed E-state index contributed by atoms with van der Waals surface area (Å²) in [5.74, 6) is -0.626. The van der Waals surface area contributed by atoms with Crippen LogP contribution in [0.4, 0.5) is 0 Å². The van der Waals surface area contributed by atoms with Gasteiger partial charge in [-0.05, 0) is 42.8 Å². The molecule has 25 heavy (non-hydrogen) atoms. The van der Waals surface area contributed by atoms with Gasteiger partial charge in [0.15, 0.2) is 0 Å². The average Bonchev–Trinajstić information content (AvgIpc) is 2.60. The summed E-state index contributed by atoms with van der Waals surface area (Å²) in [6.07, 6.45) is 1.34. The number of nitrogens with zero attached hydrogens (tertiary/aromatic N) is 1. The van der Waals surface area contributed by atoms with Gasteiger partial charge in [0.1, 0.15) is 22.3 Å². The fourth-order valence-electron chi connectivity index (χ4n) is 1.91. The summed E-state index contributed by atoms with van der Waals surface area (Å²) in [5, 5.41) is 8.92. The van der Waals surface area contributed by atoms with Gasteiger partial charge in [-0.15, -0.1) is 0 Å². The summed E-state index contributed by atoms with van der Waals surface area (Å²) in [5.41, 5.74) is 1.31. The Morgan fingerprint density at radius 2 is 1.68 bits per heavy atom. The van der Waals surface area contributed by atoms with E-state index in [1.165, 1.54) is 49.6 Å². The zero-order valence-electron chi connectivity index (χ0n) is 13.6. The molecule has 0 fully saturated rings. The minimum absolute atomic E-state index is 0.0551. The highest BCUT2D eigenvalue weighted by Crippen LogP contribution is 2.20. The van der Waals surface area contributed by atoms with Crippen LogP contribution >= 0.6 is 0 Å². The highest BCUT2D eigenvalue weighted by molar-refractivity contribution is 7.87. The fraction of sp³-hybridized carbons (Fsp3) is 0.111. The molecule has 0 spiro atoms. The summed E-state index contributed by atoms with van der Waals surface area (Å²) >= 11 is 0. The Kier molecular flexibility index (Phi) is 5.57. The fourth-order valence-corrected chi connectivity index (χ4v) is 2.84. The van der Waals surface area contributed by atoms with E-state index in [1.54, 1.807) is 18.2 Å². The average molecular weight is 357 g/mol. The minimum Gasteiger partial charge on any atom is -0.465 e. The molecule has 0 bridgehead atoms. The van der Waals surface area contributed by atoms with Gasteiger partial charge < -0.3 is 8.92 Å². The number of carbonyl (C=O) groups is 1. The van der Waals surface area contributed by atoms with Crippen LogP contribution in [0.2, 0.25) is 0 Å². The Morgan fingerprint density at radius 1 is 1.08 bits per heavy atom.